The smallest absolute Gasteiger partial charge is 0.153 e. The van der Waals surface area contributed by atoms with Crippen LogP contribution in [0, 0.1) is 0 Å². The fourth-order valence-electron chi connectivity index (χ4n) is 1.94. The zero-order chi connectivity index (χ0) is 15.1. The first-order valence-corrected chi connectivity index (χ1v) is 7.05. The van der Waals surface area contributed by atoms with Crippen LogP contribution < -0.4 is 9.47 Å². The van der Waals surface area contributed by atoms with Gasteiger partial charge in [0.25, 0.3) is 0 Å². The first-order valence-electron chi connectivity index (χ1n) is 7.05. The molecule has 0 bridgehead atoms. The summed E-state index contributed by atoms with van der Waals surface area (Å²) < 4.78 is 13.2. The number of rotatable bonds is 8. The highest BCUT2D eigenvalue weighted by atomic mass is 16.5. The minimum absolute atomic E-state index is 0.461. The van der Waals surface area contributed by atoms with Crippen LogP contribution in [0.5, 0.6) is 11.5 Å². The van der Waals surface area contributed by atoms with Crippen molar-refractivity contribution in [1.29, 1.82) is 0 Å². The lowest BCUT2D eigenvalue weighted by Crippen LogP contribution is -2.07. The lowest BCUT2D eigenvalue weighted by Gasteiger charge is -2.11. The second-order valence-electron chi connectivity index (χ2n) is 4.72. The van der Waals surface area contributed by atoms with Gasteiger partial charge in [-0.2, -0.15) is 0 Å². The van der Waals surface area contributed by atoms with Crippen molar-refractivity contribution in [3.05, 3.63) is 42.0 Å². The summed E-state index contributed by atoms with van der Waals surface area (Å²) in [5, 5.41) is 0. The van der Waals surface area contributed by atoms with Crippen molar-refractivity contribution >= 4 is 6.29 Å². The van der Waals surface area contributed by atoms with Crippen LogP contribution in [0.15, 0.2) is 30.6 Å². The molecular weight excluding hydrogens is 268 g/mol. The van der Waals surface area contributed by atoms with E-state index in [0.29, 0.717) is 30.9 Å². The molecule has 2 rings (SSSR count). The summed E-state index contributed by atoms with van der Waals surface area (Å²) in [5.74, 6) is 2.21. The van der Waals surface area contributed by atoms with Gasteiger partial charge in [0.15, 0.2) is 6.29 Å². The van der Waals surface area contributed by atoms with E-state index in [0.717, 1.165) is 24.3 Å². The van der Waals surface area contributed by atoms with Crippen LogP contribution >= 0.6 is 0 Å². The monoisotopic (exact) mass is 288 g/mol. The molecular formula is C16H20N2O3. The molecule has 1 heterocycles. The maximum atomic E-state index is 11.1. The highest BCUT2D eigenvalue weighted by Crippen LogP contribution is 2.24. The Bertz CT molecular complexity index is 593. The molecule has 21 heavy (non-hydrogen) atoms. The number of benzene rings is 1. The summed E-state index contributed by atoms with van der Waals surface area (Å²) in [7, 11) is 1.94. The first kappa shape index (κ1) is 15.1. The molecule has 0 spiro atoms. The maximum Gasteiger partial charge on any atom is 0.153 e. The molecule has 0 N–H and O–H groups in total. The van der Waals surface area contributed by atoms with E-state index in [-0.39, 0.29) is 0 Å². The normalized spacial score (nSPS) is 10.4. The lowest BCUT2D eigenvalue weighted by atomic mass is 10.2. The van der Waals surface area contributed by atoms with Crippen LogP contribution in [0.4, 0.5) is 0 Å². The average molecular weight is 288 g/mol. The van der Waals surface area contributed by atoms with Gasteiger partial charge in [0.1, 0.15) is 17.3 Å². The number of aryl methyl sites for hydroxylation is 1. The van der Waals surface area contributed by atoms with Gasteiger partial charge >= 0.3 is 0 Å². The molecule has 0 amide bonds. The standard InChI is InChI=1S/C16H20N2O3/c1-3-9-20-14-5-4-13(12-19)15(11-14)21-10-6-16-17-7-8-18(16)2/h4-5,7-8,11-12H,3,6,9-10H2,1-2H3. The van der Waals surface area contributed by atoms with Crippen molar-refractivity contribution in [2.75, 3.05) is 13.2 Å². The Labute approximate surface area is 124 Å². The Morgan fingerprint density at radius 3 is 2.81 bits per heavy atom. The molecule has 2 aromatic rings. The van der Waals surface area contributed by atoms with E-state index in [4.69, 9.17) is 9.47 Å². The van der Waals surface area contributed by atoms with E-state index < -0.39 is 0 Å². The highest BCUT2D eigenvalue weighted by molar-refractivity contribution is 5.79. The topological polar surface area (TPSA) is 53.4 Å². The van der Waals surface area contributed by atoms with Crippen molar-refractivity contribution in [3.63, 3.8) is 0 Å². The molecule has 5 heteroatoms. The van der Waals surface area contributed by atoms with Gasteiger partial charge in [0.2, 0.25) is 0 Å². The third-order valence-corrected chi connectivity index (χ3v) is 3.09. The third-order valence-electron chi connectivity index (χ3n) is 3.09. The maximum absolute atomic E-state index is 11.1. The van der Waals surface area contributed by atoms with Crippen LogP contribution in [-0.2, 0) is 13.5 Å². The van der Waals surface area contributed by atoms with Gasteiger partial charge < -0.3 is 14.0 Å². The van der Waals surface area contributed by atoms with E-state index in [2.05, 4.69) is 4.98 Å². The highest BCUT2D eigenvalue weighted by Gasteiger charge is 2.07. The van der Waals surface area contributed by atoms with Gasteiger partial charge in [-0.3, -0.25) is 4.79 Å². The van der Waals surface area contributed by atoms with E-state index in [1.54, 1.807) is 24.4 Å². The summed E-state index contributed by atoms with van der Waals surface area (Å²) in [6.45, 7) is 3.15. The zero-order valence-corrected chi connectivity index (χ0v) is 12.4. The van der Waals surface area contributed by atoms with Gasteiger partial charge in [0.05, 0.1) is 18.8 Å². The number of aromatic nitrogens is 2. The Morgan fingerprint density at radius 1 is 1.29 bits per heavy atom. The second-order valence-corrected chi connectivity index (χ2v) is 4.72. The Balaban J connectivity index is 1.99. The van der Waals surface area contributed by atoms with Crippen molar-refractivity contribution < 1.29 is 14.3 Å². The molecule has 1 aromatic heterocycles. The molecule has 112 valence electrons. The molecule has 0 aliphatic carbocycles. The fraction of sp³-hybridized carbons (Fsp3) is 0.375. The summed E-state index contributed by atoms with van der Waals surface area (Å²) in [6.07, 6.45) is 6.06. The van der Waals surface area contributed by atoms with Crippen LogP contribution in [0.2, 0.25) is 0 Å². The predicted octanol–water partition coefficient (Wildman–Crippen LogP) is 2.64. The number of nitrogens with zero attached hydrogens (tertiary/aromatic N) is 2. The Kier molecular flexibility index (Phi) is 5.37. The largest absolute Gasteiger partial charge is 0.493 e. The fourth-order valence-corrected chi connectivity index (χ4v) is 1.94. The number of ether oxygens (including phenoxy) is 2. The van der Waals surface area contributed by atoms with Crippen LogP contribution in [-0.4, -0.2) is 29.1 Å². The predicted molar refractivity (Wildman–Crippen MR) is 80.0 cm³/mol. The van der Waals surface area contributed by atoms with E-state index in [9.17, 15) is 4.79 Å². The second kappa shape index (κ2) is 7.47. The molecule has 0 unspecified atom stereocenters. The summed E-state index contributed by atoms with van der Waals surface area (Å²) in [5.41, 5.74) is 0.527. The quantitative estimate of drug-likeness (QED) is 0.701. The van der Waals surface area contributed by atoms with Crippen LogP contribution in [0.25, 0.3) is 0 Å². The minimum Gasteiger partial charge on any atom is -0.493 e. The number of hydrogen-bond donors (Lipinski definition) is 0. The molecule has 0 radical (unpaired) electrons. The molecule has 0 saturated carbocycles. The summed E-state index contributed by atoms with van der Waals surface area (Å²) in [6, 6.07) is 5.26. The average Bonchev–Trinajstić information content (AvgIpc) is 2.91. The Morgan fingerprint density at radius 2 is 2.14 bits per heavy atom. The van der Waals surface area contributed by atoms with Crippen LogP contribution in [0.1, 0.15) is 29.5 Å². The van der Waals surface area contributed by atoms with Gasteiger partial charge in [-0.25, -0.2) is 4.98 Å². The number of carbonyl (C=O) groups is 1. The van der Waals surface area contributed by atoms with Gasteiger partial charge in [0, 0.05) is 31.9 Å². The SMILES string of the molecule is CCCOc1ccc(C=O)c(OCCc2nccn2C)c1. The van der Waals surface area contributed by atoms with Crippen LogP contribution in [0.3, 0.4) is 0 Å². The first-order chi connectivity index (χ1) is 10.2. The van der Waals surface area contributed by atoms with Gasteiger partial charge in [-0.05, 0) is 18.6 Å². The van der Waals surface area contributed by atoms with Crippen molar-refractivity contribution in [2.24, 2.45) is 7.05 Å². The third kappa shape index (κ3) is 4.08. The van der Waals surface area contributed by atoms with Crippen molar-refractivity contribution in [3.8, 4) is 11.5 Å². The minimum atomic E-state index is 0.461. The summed E-state index contributed by atoms with van der Waals surface area (Å²) in [4.78, 5) is 15.3. The number of carbonyl (C=O) groups excluding carboxylic acids is 1. The molecule has 1 aromatic carbocycles. The molecule has 0 aliphatic rings. The van der Waals surface area contributed by atoms with E-state index in [1.807, 2.05) is 24.7 Å². The molecule has 0 fully saturated rings. The molecule has 0 atom stereocenters. The zero-order valence-electron chi connectivity index (χ0n) is 12.4. The molecule has 5 nitrogen and oxygen atoms in total. The van der Waals surface area contributed by atoms with Crippen molar-refractivity contribution in [2.45, 2.75) is 19.8 Å². The van der Waals surface area contributed by atoms with Gasteiger partial charge in [-0.15, -0.1) is 0 Å². The van der Waals surface area contributed by atoms with Gasteiger partial charge in [-0.1, -0.05) is 6.92 Å². The summed E-state index contributed by atoms with van der Waals surface area (Å²) >= 11 is 0. The molecule has 0 saturated heterocycles. The van der Waals surface area contributed by atoms with E-state index >= 15 is 0 Å². The Hall–Kier alpha value is -2.30. The number of hydrogen-bond acceptors (Lipinski definition) is 4. The number of imidazole rings is 1. The lowest BCUT2D eigenvalue weighted by molar-refractivity contribution is 0.111. The number of aldehydes is 1. The van der Waals surface area contributed by atoms with E-state index in [1.165, 1.54) is 0 Å². The van der Waals surface area contributed by atoms with Crippen molar-refractivity contribution in [1.82, 2.24) is 9.55 Å². The molecule has 0 aliphatic heterocycles.